The van der Waals surface area contributed by atoms with Gasteiger partial charge in [0.15, 0.2) is 0 Å². The maximum absolute atomic E-state index is 12.5. The van der Waals surface area contributed by atoms with Crippen molar-refractivity contribution in [3.63, 3.8) is 0 Å². The first-order valence-electron chi connectivity index (χ1n) is 6.95. The first kappa shape index (κ1) is 14.8. The van der Waals surface area contributed by atoms with Crippen LogP contribution in [0.2, 0.25) is 0 Å². The van der Waals surface area contributed by atoms with E-state index in [2.05, 4.69) is 15.3 Å². The van der Waals surface area contributed by atoms with E-state index in [4.69, 9.17) is 9.47 Å². The van der Waals surface area contributed by atoms with Gasteiger partial charge in [0.25, 0.3) is 5.91 Å². The van der Waals surface area contributed by atoms with E-state index in [0.717, 1.165) is 5.52 Å². The number of hydrogen-bond acceptors (Lipinski definition) is 5. The van der Waals surface area contributed by atoms with Gasteiger partial charge in [0.2, 0.25) is 0 Å². The minimum absolute atomic E-state index is 0.260. The number of benzene rings is 2. The number of rotatable bonds is 4. The molecule has 1 N–H and O–H groups in total. The Balaban J connectivity index is 1.91. The van der Waals surface area contributed by atoms with Crippen LogP contribution in [0, 0.1) is 0 Å². The van der Waals surface area contributed by atoms with E-state index in [1.807, 2.05) is 0 Å². The van der Waals surface area contributed by atoms with Crippen molar-refractivity contribution in [2.45, 2.75) is 0 Å². The molecule has 0 fully saturated rings. The number of carbonyl (C=O) groups excluding carboxylic acids is 1. The van der Waals surface area contributed by atoms with Crippen molar-refractivity contribution in [1.82, 2.24) is 9.97 Å². The molecule has 1 heterocycles. The number of aromatic nitrogens is 2. The normalized spacial score (nSPS) is 10.3. The molecule has 0 bridgehead atoms. The van der Waals surface area contributed by atoms with Crippen LogP contribution in [0.15, 0.2) is 48.8 Å². The fraction of sp³-hybridized carbons (Fsp3) is 0.118. The zero-order valence-corrected chi connectivity index (χ0v) is 12.7. The molecule has 0 saturated heterocycles. The van der Waals surface area contributed by atoms with E-state index >= 15 is 0 Å². The molecule has 0 radical (unpaired) electrons. The van der Waals surface area contributed by atoms with Crippen molar-refractivity contribution >= 4 is 22.6 Å². The number of nitrogens with zero attached hydrogens (tertiary/aromatic N) is 2. The number of anilines is 1. The summed E-state index contributed by atoms with van der Waals surface area (Å²) in [7, 11) is 3.11. The monoisotopic (exact) mass is 309 g/mol. The Bertz CT molecular complexity index is 865. The topological polar surface area (TPSA) is 73.3 Å². The Morgan fingerprint density at radius 1 is 0.957 bits per heavy atom. The smallest absolute Gasteiger partial charge is 0.255 e. The third-order valence-electron chi connectivity index (χ3n) is 3.39. The number of fused-ring (bicyclic) bond motifs is 1. The van der Waals surface area contributed by atoms with Gasteiger partial charge in [-0.15, -0.1) is 0 Å². The fourth-order valence-electron chi connectivity index (χ4n) is 2.21. The number of carbonyl (C=O) groups is 1. The summed E-state index contributed by atoms with van der Waals surface area (Å²) < 4.78 is 10.4. The van der Waals surface area contributed by atoms with Crippen LogP contribution in [-0.2, 0) is 0 Å². The van der Waals surface area contributed by atoms with Gasteiger partial charge < -0.3 is 14.8 Å². The summed E-state index contributed by atoms with van der Waals surface area (Å²) in [4.78, 5) is 20.9. The highest BCUT2D eigenvalue weighted by atomic mass is 16.5. The zero-order valence-electron chi connectivity index (χ0n) is 12.7. The van der Waals surface area contributed by atoms with Gasteiger partial charge in [0.05, 0.1) is 30.9 Å². The molecule has 0 aliphatic rings. The second-order valence-corrected chi connectivity index (χ2v) is 4.78. The molecular formula is C17H15N3O3. The molecular weight excluding hydrogens is 294 g/mol. The predicted octanol–water partition coefficient (Wildman–Crippen LogP) is 2.90. The van der Waals surface area contributed by atoms with Crippen LogP contribution in [0.25, 0.3) is 11.0 Å². The summed E-state index contributed by atoms with van der Waals surface area (Å²) in [6.07, 6.45) is 3.21. The van der Waals surface area contributed by atoms with Crippen LogP contribution in [0.5, 0.6) is 11.5 Å². The lowest BCUT2D eigenvalue weighted by atomic mass is 10.1. The largest absolute Gasteiger partial charge is 0.497 e. The Morgan fingerprint density at radius 3 is 2.48 bits per heavy atom. The average Bonchev–Trinajstić information content (AvgIpc) is 2.61. The summed E-state index contributed by atoms with van der Waals surface area (Å²) in [6, 6.07) is 10.4. The number of methoxy groups -OCH3 is 2. The number of amides is 1. The van der Waals surface area contributed by atoms with Gasteiger partial charge in [-0.2, -0.15) is 0 Å². The Morgan fingerprint density at radius 2 is 1.74 bits per heavy atom. The average molecular weight is 309 g/mol. The van der Waals surface area contributed by atoms with Crippen LogP contribution >= 0.6 is 0 Å². The molecule has 1 aromatic heterocycles. The Labute approximate surface area is 133 Å². The molecule has 0 spiro atoms. The Kier molecular flexibility index (Phi) is 4.05. The molecule has 0 atom stereocenters. The highest BCUT2D eigenvalue weighted by molar-refractivity contribution is 6.06. The molecule has 3 rings (SSSR count). The van der Waals surface area contributed by atoms with Crippen molar-refractivity contribution in [3.8, 4) is 11.5 Å². The quantitative estimate of drug-likeness (QED) is 0.802. The first-order valence-corrected chi connectivity index (χ1v) is 6.95. The van der Waals surface area contributed by atoms with E-state index in [1.54, 1.807) is 63.0 Å². The molecule has 6 heteroatoms. The van der Waals surface area contributed by atoms with Crippen molar-refractivity contribution in [2.75, 3.05) is 19.5 Å². The maximum Gasteiger partial charge on any atom is 0.255 e. The minimum Gasteiger partial charge on any atom is -0.497 e. The molecule has 3 aromatic rings. The van der Waals surface area contributed by atoms with Gasteiger partial charge in [-0.3, -0.25) is 14.8 Å². The SMILES string of the molecule is COc1ccc(OC)c(NC(=O)c2ccc3nccnc3c2)c1. The lowest BCUT2D eigenvalue weighted by molar-refractivity contribution is 0.102. The molecule has 0 unspecified atom stereocenters. The van der Waals surface area contributed by atoms with E-state index < -0.39 is 0 Å². The molecule has 1 amide bonds. The van der Waals surface area contributed by atoms with Crippen molar-refractivity contribution in [1.29, 1.82) is 0 Å². The molecule has 0 saturated carbocycles. The van der Waals surface area contributed by atoms with E-state index in [1.165, 1.54) is 0 Å². The van der Waals surface area contributed by atoms with Gasteiger partial charge >= 0.3 is 0 Å². The third kappa shape index (κ3) is 3.06. The molecule has 23 heavy (non-hydrogen) atoms. The van der Waals surface area contributed by atoms with Gasteiger partial charge in [0, 0.05) is 24.0 Å². The van der Waals surface area contributed by atoms with Crippen LogP contribution in [0.4, 0.5) is 5.69 Å². The van der Waals surface area contributed by atoms with Gasteiger partial charge in [-0.25, -0.2) is 0 Å². The van der Waals surface area contributed by atoms with Crippen molar-refractivity contribution in [2.24, 2.45) is 0 Å². The number of ether oxygens (including phenoxy) is 2. The summed E-state index contributed by atoms with van der Waals surface area (Å²) in [5.41, 5.74) is 2.43. The molecule has 116 valence electrons. The van der Waals surface area contributed by atoms with Crippen LogP contribution in [-0.4, -0.2) is 30.1 Å². The van der Waals surface area contributed by atoms with Crippen LogP contribution < -0.4 is 14.8 Å². The molecule has 0 aliphatic carbocycles. The Hall–Kier alpha value is -3.15. The highest BCUT2D eigenvalue weighted by Crippen LogP contribution is 2.29. The number of hydrogen-bond donors (Lipinski definition) is 1. The second-order valence-electron chi connectivity index (χ2n) is 4.78. The van der Waals surface area contributed by atoms with Gasteiger partial charge in [-0.1, -0.05) is 0 Å². The molecule has 2 aromatic carbocycles. The predicted molar refractivity (Wildman–Crippen MR) is 87.0 cm³/mol. The van der Waals surface area contributed by atoms with E-state index in [0.29, 0.717) is 28.3 Å². The first-order chi connectivity index (χ1) is 11.2. The minimum atomic E-state index is -0.260. The standard InChI is InChI=1S/C17H15N3O3/c1-22-12-4-6-16(23-2)15(10-12)20-17(21)11-3-5-13-14(9-11)19-8-7-18-13/h3-10H,1-2H3,(H,20,21). The molecule has 6 nitrogen and oxygen atoms in total. The summed E-state index contributed by atoms with van der Waals surface area (Å²) in [5.74, 6) is 0.925. The zero-order chi connectivity index (χ0) is 16.2. The summed E-state index contributed by atoms with van der Waals surface area (Å²) in [6.45, 7) is 0. The van der Waals surface area contributed by atoms with E-state index in [9.17, 15) is 4.79 Å². The van der Waals surface area contributed by atoms with Crippen LogP contribution in [0.3, 0.4) is 0 Å². The summed E-state index contributed by atoms with van der Waals surface area (Å²) >= 11 is 0. The highest BCUT2D eigenvalue weighted by Gasteiger charge is 2.12. The van der Waals surface area contributed by atoms with Crippen molar-refractivity contribution in [3.05, 3.63) is 54.4 Å². The van der Waals surface area contributed by atoms with Crippen LogP contribution in [0.1, 0.15) is 10.4 Å². The lowest BCUT2D eigenvalue weighted by Gasteiger charge is -2.12. The van der Waals surface area contributed by atoms with Crippen molar-refractivity contribution < 1.29 is 14.3 Å². The second kappa shape index (κ2) is 6.31. The summed E-state index contributed by atoms with van der Waals surface area (Å²) in [5, 5.41) is 2.83. The molecule has 0 aliphatic heterocycles. The van der Waals surface area contributed by atoms with Gasteiger partial charge in [0.1, 0.15) is 11.5 Å². The maximum atomic E-state index is 12.5. The number of nitrogens with one attached hydrogen (secondary N) is 1. The van der Waals surface area contributed by atoms with E-state index in [-0.39, 0.29) is 5.91 Å². The third-order valence-corrected chi connectivity index (χ3v) is 3.39. The fourth-order valence-corrected chi connectivity index (χ4v) is 2.21. The lowest BCUT2D eigenvalue weighted by Crippen LogP contribution is -2.12. The van der Waals surface area contributed by atoms with Gasteiger partial charge in [-0.05, 0) is 30.3 Å².